The zero-order chi connectivity index (χ0) is 5.98. The lowest BCUT2D eigenvalue weighted by atomic mass is 9.96. The minimum atomic E-state index is 0.412. The van der Waals surface area contributed by atoms with E-state index in [1.165, 1.54) is 0 Å². The fraction of sp³-hybridized carbons (Fsp3) is 1.00. The van der Waals surface area contributed by atoms with Crippen LogP contribution in [0.3, 0.4) is 0 Å². The van der Waals surface area contributed by atoms with E-state index in [0.717, 1.165) is 25.7 Å². The van der Waals surface area contributed by atoms with E-state index in [1.807, 2.05) is 0 Å². The Bertz CT molecular complexity index is 56.9. The largest absolute Gasteiger partial charge is 0.328 e. The summed E-state index contributed by atoms with van der Waals surface area (Å²) in [6.45, 7) is 0. The van der Waals surface area contributed by atoms with Crippen LogP contribution in [0.25, 0.3) is 0 Å². The van der Waals surface area contributed by atoms with Gasteiger partial charge in [0.25, 0.3) is 0 Å². The highest BCUT2D eigenvalue weighted by Crippen LogP contribution is 2.20. The van der Waals surface area contributed by atoms with Gasteiger partial charge in [-0.25, -0.2) is 0 Å². The van der Waals surface area contributed by atoms with Gasteiger partial charge in [-0.1, -0.05) is 0 Å². The second-order valence-corrected chi connectivity index (χ2v) is 3.13. The van der Waals surface area contributed by atoms with Gasteiger partial charge in [-0.2, -0.15) is 0 Å². The van der Waals surface area contributed by atoms with Crippen LogP contribution in [-0.2, 0) is 0 Å². The van der Waals surface area contributed by atoms with Crippen LogP contribution in [0.15, 0.2) is 0 Å². The molecule has 0 unspecified atom stereocenters. The lowest BCUT2D eigenvalue weighted by Gasteiger charge is -2.20. The molecule has 0 saturated heterocycles. The highest BCUT2D eigenvalue weighted by atomic mass is 35.5. The van der Waals surface area contributed by atoms with Gasteiger partial charge in [-0.15, -0.1) is 11.6 Å². The molecular weight excluding hydrogens is 122 g/mol. The molecule has 48 valence electrons. The molecule has 8 heavy (non-hydrogen) atoms. The Morgan fingerprint density at radius 3 is 2.00 bits per heavy atom. The molecule has 0 aromatic rings. The second-order valence-electron chi connectivity index (χ2n) is 2.51. The van der Waals surface area contributed by atoms with Crippen LogP contribution in [0.5, 0.6) is 0 Å². The normalized spacial score (nSPS) is 39.8. The van der Waals surface area contributed by atoms with Crippen molar-refractivity contribution in [3.05, 3.63) is 0 Å². The minimum Gasteiger partial charge on any atom is -0.328 e. The quantitative estimate of drug-likeness (QED) is 0.498. The first-order valence-electron chi connectivity index (χ1n) is 3.18. The minimum absolute atomic E-state index is 0.412. The first kappa shape index (κ1) is 6.37. The Labute approximate surface area is 55.2 Å². The highest BCUT2D eigenvalue weighted by molar-refractivity contribution is 6.20. The van der Waals surface area contributed by atoms with Crippen LogP contribution < -0.4 is 5.73 Å². The topological polar surface area (TPSA) is 26.0 Å². The summed E-state index contributed by atoms with van der Waals surface area (Å²) in [4.78, 5) is 0. The molecule has 2 N–H and O–H groups in total. The van der Waals surface area contributed by atoms with Crippen LogP contribution >= 0.6 is 11.6 Å². The molecule has 0 atom stereocenters. The summed E-state index contributed by atoms with van der Waals surface area (Å²) in [5.74, 6) is 0. The first-order valence-corrected chi connectivity index (χ1v) is 3.62. The van der Waals surface area contributed by atoms with Crippen molar-refractivity contribution < 1.29 is 0 Å². The van der Waals surface area contributed by atoms with Gasteiger partial charge in [0.15, 0.2) is 0 Å². The number of rotatable bonds is 0. The maximum absolute atomic E-state index is 5.83. The predicted octanol–water partition coefficient (Wildman–Crippen LogP) is 1.50. The van der Waals surface area contributed by atoms with Gasteiger partial charge >= 0.3 is 0 Å². The summed E-state index contributed by atoms with van der Waals surface area (Å²) in [5.41, 5.74) is 5.64. The van der Waals surface area contributed by atoms with Crippen LogP contribution in [0.4, 0.5) is 0 Å². The fourth-order valence-corrected chi connectivity index (χ4v) is 1.33. The molecule has 0 spiro atoms. The zero-order valence-corrected chi connectivity index (χ0v) is 5.69. The third kappa shape index (κ3) is 1.64. The summed E-state index contributed by atoms with van der Waals surface area (Å²) in [6, 6.07) is 0.435. The molecule has 1 aliphatic carbocycles. The van der Waals surface area contributed by atoms with Gasteiger partial charge in [0.1, 0.15) is 0 Å². The molecule has 0 heterocycles. The van der Waals surface area contributed by atoms with E-state index in [4.69, 9.17) is 17.3 Å². The van der Waals surface area contributed by atoms with Crippen molar-refractivity contribution >= 4 is 11.6 Å². The van der Waals surface area contributed by atoms with E-state index in [0.29, 0.717) is 11.4 Å². The van der Waals surface area contributed by atoms with E-state index in [-0.39, 0.29) is 0 Å². The van der Waals surface area contributed by atoms with Crippen LogP contribution in [0.2, 0.25) is 0 Å². The maximum Gasteiger partial charge on any atom is 0.0337 e. The summed E-state index contributed by atoms with van der Waals surface area (Å²) in [6.07, 6.45) is 4.47. The third-order valence-corrected chi connectivity index (χ3v) is 2.14. The van der Waals surface area contributed by atoms with Gasteiger partial charge < -0.3 is 5.73 Å². The standard InChI is InChI=1S/C6H12ClN/c7-5-1-3-6(8)4-2-5/h5-6H,1-4,8H2/t5-,6-. The molecule has 1 saturated carbocycles. The van der Waals surface area contributed by atoms with E-state index in [1.54, 1.807) is 0 Å². The SMILES string of the molecule is N[C@H]1CC[C@H](Cl)CC1. The average molecular weight is 134 g/mol. The Balaban J connectivity index is 2.19. The number of alkyl halides is 1. The van der Waals surface area contributed by atoms with Crippen LogP contribution in [0, 0.1) is 0 Å². The lowest BCUT2D eigenvalue weighted by molar-refractivity contribution is 0.447. The smallest absolute Gasteiger partial charge is 0.0337 e. The number of nitrogens with two attached hydrogens (primary N) is 1. The maximum atomic E-state index is 5.83. The Morgan fingerprint density at radius 2 is 1.62 bits per heavy atom. The first-order chi connectivity index (χ1) is 3.79. The van der Waals surface area contributed by atoms with Gasteiger partial charge in [0.05, 0.1) is 0 Å². The summed E-state index contributed by atoms with van der Waals surface area (Å²) in [5, 5.41) is 0.412. The molecule has 0 aliphatic heterocycles. The third-order valence-electron chi connectivity index (χ3n) is 1.70. The Morgan fingerprint density at radius 1 is 1.12 bits per heavy atom. The number of hydrogen-bond acceptors (Lipinski definition) is 1. The van der Waals surface area contributed by atoms with E-state index in [2.05, 4.69) is 0 Å². The Kier molecular flexibility index (Phi) is 2.15. The van der Waals surface area contributed by atoms with E-state index < -0.39 is 0 Å². The average Bonchev–Trinajstić information content (AvgIpc) is 1.77. The van der Waals surface area contributed by atoms with E-state index >= 15 is 0 Å². The second kappa shape index (κ2) is 2.70. The van der Waals surface area contributed by atoms with E-state index in [9.17, 15) is 0 Å². The molecule has 1 nitrogen and oxygen atoms in total. The van der Waals surface area contributed by atoms with Crippen molar-refractivity contribution in [2.45, 2.75) is 37.1 Å². The van der Waals surface area contributed by atoms with Crippen LogP contribution in [0.1, 0.15) is 25.7 Å². The van der Waals surface area contributed by atoms with Gasteiger partial charge in [0.2, 0.25) is 0 Å². The molecular formula is C6H12ClN. The van der Waals surface area contributed by atoms with Crippen molar-refractivity contribution in [1.82, 2.24) is 0 Å². The molecule has 0 amide bonds. The molecule has 0 radical (unpaired) electrons. The molecule has 0 bridgehead atoms. The van der Waals surface area contributed by atoms with Crippen molar-refractivity contribution in [2.75, 3.05) is 0 Å². The molecule has 0 aromatic carbocycles. The molecule has 1 aliphatic rings. The summed E-state index contributed by atoms with van der Waals surface area (Å²) in [7, 11) is 0. The highest BCUT2D eigenvalue weighted by Gasteiger charge is 2.15. The monoisotopic (exact) mass is 133 g/mol. The predicted molar refractivity (Wildman–Crippen MR) is 36.1 cm³/mol. The van der Waals surface area contributed by atoms with Crippen molar-refractivity contribution in [3.63, 3.8) is 0 Å². The molecule has 0 aromatic heterocycles. The van der Waals surface area contributed by atoms with Crippen molar-refractivity contribution in [2.24, 2.45) is 5.73 Å². The summed E-state index contributed by atoms with van der Waals surface area (Å²) < 4.78 is 0. The van der Waals surface area contributed by atoms with Crippen LogP contribution in [-0.4, -0.2) is 11.4 Å². The fourth-order valence-electron chi connectivity index (χ4n) is 1.08. The van der Waals surface area contributed by atoms with Gasteiger partial charge in [-0.05, 0) is 25.7 Å². The van der Waals surface area contributed by atoms with Gasteiger partial charge in [-0.3, -0.25) is 0 Å². The van der Waals surface area contributed by atoms with Crippen molar-refractivity contribution in [3.8, 4) is 0 Å². The number of halogens is 1. The molecule has 2 heteroatoms. The summed E-state index contributed by atoms with van der Waals surface area (Å²) >= 11 is 5.83. The van der Waals surface area contributed by atoms with Gasteiger partial charge in [0, 0.05) is 11.4 Å². The Hall–Kier alpha value is 0.250. The number of hydrogen-bond donors (Lipinski definition) is 1. The molecule has 1 rings (SSSR count). The van der Waals surface area contributed by atoms with Crippen molar-refractivity contribution in [1.29, 1.82) is 0 Å². The lowest BCUT2D eigenvalue weighted by Crippen LogP contribution is -2.26. The molecule has 1 fully saturated rings. The zero-order valence-electron chi connectivity index (χ0n) is 4.94.